The monoisotopic (exact) mass is 473 g/mol. The minimum absolute atomic E-state index is 0.0373. The molecule has 5 rings (SSSR count). The van der Waals surface area contributed by atoms with Crippen LogP contribution in [0.5, 0.6) is 17.2 Å². The van der Waals surface area contributed by atoms with Gasteiger partial charge in [-0.15, -0.1) is 0 Å². The Balaban J connectivity index is 1.63. The molecule has 0 saturated carbocycles. The molecular weight excluding hydrogens is 446 g/mol. The quantitative estimate of drug-likeness (QED) is 0.391. The van der Waals surface area contributed by atoms with E-state index in [2.05, 4.69) is 0 Å². The summed E-state index contributed by atoms with van der Waals surface area (Å²) < 4.78 is 23.5. The Hall–Kier alpha value is -3.91. The standard InChI is InChI=1S/C27H27N3O5/c1-32-15-23-26(16-6-5-7-18(10-16)33-2)27-28-22-11-17(12-24(31)21(22)14-30(27)29-23)20-9-8-19(34-3)13-25(20)35-4/h5-10,13-14,17H,11-12,15H2,1-4H3. The molecule has 0 fully saturated rings. The molecule has 0 bridgehead atoms. The second-order valence-electron chi connectivity index (χ2n) is 8.49. The minimum atomic E-state index is -0.0487. The zero-order chi connectivity index (χ0) is 24.5. The number of nitrogens with zero attached hydrogens (tertiary/aromatic N) is 3. The molecular formula is C27H27N3O5. The number of aromatic nitrogens is 3. The number of hydrogen-bond acceptors (Lipinski definition) is 7. The lowest BCUT2D eigenvalue weighted by molar-refractivity contribution is 0.0962. The Labute approximate surface area is 203 Å². The number of fused-ring (bicyclic) bond motifs is 2. The SMILES string of the molecule is COCc1nn2cc3c(nc2c1-c1cccc(OC)c1)CC(c1ccc(OC)cc1OC)CC3=O. The lowest BCUT2D eigenvalue weighted by Crippen LogP contribution is -2.21. The maximum Gasteiger partial charge on any atom is 0.166 e. The number of methoxy groups -OCH3 is 4. The average molecular weight is 474 g/mol. The van der Waals surface area contributed by atoms with Crippen molar-refractivity contribution in [1.82, 2.24) is 14.6 Å². The summed E-state index contributed by atoms with van der Waals surface area (Å²) in [6.45, 7) is 0.320. The second kappa shape index (κ2) is 9.38. The molecule has 2 heterocycles. The van der Waals surface area contributed by atoms with E-state index in [0.717, 1.165) is 33.8 Å². The molecule has 8 nitrogen and oxygen atoms in total. The van der Waals surface area contributed by atoms with Crippen LogP contribution in [-0.2, 0) is 17.8 Å². The van der Waals surface area contributed by atoms with Crippen LogP contribution in [0, 0.1) is 0 Å². The molecule has 0 amide bonds. The number of rotatable bonds is 7. The van der Waals surface area contributed by atoms with Crippen LogP contribution in [0.15, 0.2) is 48.7 Å². The van der Waals surface area contributed by atoms with Gasteiger partial charge in [0, 0.05) is 31.7 Å². The molecule has 35 heavy (non-hydrogen) atoms. The second-order valence-corrected chi connectivity index (χ2v) is 8.49. The van der Waals surface area contributed by atoms with Crippen LogP contribution in [0.3, 0.4) is 0 Å². The minimum Gasteiger partial charge on any atom is -0.497 e. The summed E-state index contributed by atoms with van der Waals surface area (Å²) in [5, 5.41) is 4.70. The van der Waals surface area contributed by atoms with Gasteiger partial charge in [0.05, 0.1) is 50.5 Å². The molecule has 1 aliphatic rings. The predicted octanol–water partition coefficient (Wildman–Crippen LogP) is 4.48. The van der Waals surface area contributed by atoms with Crippen molar-refractivity contribution in [1.29, 1.82) is 0 Å². The van der Waals surface area contributed by atoms with E-state index in [9.17, 15) is 4.79 Å². The Morgan fingerprint density at radius 2 is 1.77 bits per heavy atom. The Morgan fingerprint density at radius 1 is 0.971 bits per heavy atom. The highest BCUT2D eigenvalue weighted by atomic mass is 16.5. The van der Waals surface area contributed by atoms with Crippen LogP contribution in [0.1, 0.15) is 39.6 Å². The third-order valence-electron chi connectivity index (χ3n) is 6.45. The zero-order valence-corrected chi connectivity index (χ0v) is 20.2. The van der Waals surface area contributed by atoms with E-state index in [-0.39, 0.29) is 11.7 Å². The van der Waals surface area contributed by atoms with Crippen LogP contribution in [0.25, 0.3) is 16.8 Å². The van der Waals surface area contributed by atoms with Gasteiger partial charge in [-0.05, 0) is 35.7 Å². The highest BCUT2D eigenvalue weighted by Crippen LogP contribution is 2.39. The van der Waals surface area contributed by atoms with Gasteiger partial charge in [-0.25, -0.2) is 9.50 Å². The summed E-state index contributed by atoms with van der Waals surface area (Å²) in [7, 11) is 6.52. The predicted molar refractivity (Wildman–Crippen MR) is 131 cm³/mol. The van der Waals surface area contributed by atoms with Crippen molar-refractivity contribution in [2.24, 2.45) is 0 Å². The smallest absolute Gasteiger partial charge is 0.166 e. The molecule has 0 spiro atoms. The molecule has 180 valence electrons. The molecule has 2 aromatic carbocycles. The maximum atomic E-state index is 13.2. The van der Waals surface area contributed by atoms with Gasteiger partial charge in [0.25, 0.3) is 0 Å². The lowest BCUT2D eigenvalue weighted by atomic mass is 9.81. The molecule has 1 atom stereocenters. The number of carbonyl (C=O) groups excluding carboxylic acids is 1. The summed E-state index contributed by atoms with van der Waals surface area (Å²) in [5.41, 5.74) is 5.54. The Kier molecular flexibility index (Phi) is 6.13. The summed E-state index contributed by atoms with van der Waals surface area (Å²) >= 11 is 0. The zero-order valence-electron chi connectivity index (χ0n) is 20.2. The first-order chi connectivity index (χ1) is 17.1. The van der Waals surface area contributed by atoms with Crippen LogP contribution >= 0.6 is 0 Å². The average Bonchev–Trinajstić information content (AvgIpc) is 3.24. The van der Waals surface area contributed by atoms with Gasteiger partial charge in [0.2, 0.25) is 0 Å². The van der Waals surface area contributed by atoms with E-state index in [1.807, 2.05) is 42.5 Å². The fraction of sp³-hybridized carbons (Fsp3) is 0.296. The van der Waals surface area contributed by atoms with E-state index in [0.29, 0.717) is 42.2 Å². The van der Waals surface area contributed by atoms with Crippen LogP contribution in [-0.4, -0.2) is 48.8 Å². The van der Waals surface area contributed by atoms with E-state index < -0.39 is 0 Å². The highest BCUT2D eigenvalue weighted by Gasteiger charge is 2.31. The van der Waals surface area contributed by atoms with Gasteiger partial charge >= 0.3 is 0 Å². The third-order valence-corrected chi connectivity index (χ3v) is 6.45. The number of ketones is 1. The molecule has 0 radical (unpaired) electrons. The summed E-state index contributed by atoms with van der Waals surface area (Å²) in [6.07, 6.45) is 2.78. The third kappa shape index (κ3) is 4.10. The van der Waals surface area contributed by atoms with E-state index in [1.165, 1.54) is 0 Å². The summed E-state index contributed by atoms with van der Waals surface area (Å²) in [6, 6.07) is 13.5. The van der Waals surface area contributed by atoms with Gasteiger partial charge in [-0.2, -0.15) is 5.10 Å². The molecule has 4 aromatic rings. The first-order valence-electron chi connectivity index (χ1n) is 11.4. The Bertz CT molecular complexity index is 1410. The van der Waals surface area contributed by atoms with Crippen LogP contribution in [0.4, 0.5) is 0 Å². The number of Topliss-reactive ketones (excluding diaryl/α,β-unsaturated/α-hetero) is 1. The van der Waals surface area contributed by atoms with Crippen molar-refractivity contribution in [3.8, 4) is 28.4 Å². The van der Waals surface area contributed by atoms with Crippen molar-refractivity contribution in [2.75, 3.05) is 28.4 Å². The van der Waals surface area contributed by atoms with Crippen LogP contribution < -0.4 is 14.2 Å². The molecule has 0 saturated heterocycles. The highest BCUT2D eigenvalue weighted by molar-refractivity contribution is 5.99. The van der Waals surface area contributed by atoms with Gasteiger partial charge in [-0.1, -0.05) is 18.2 Å². The van der Waals surface area contributed by atoms with Crippen molar-refractivity contribution >= 4 is 11.4 Å². The molecule has 1 unspecified atom stereocenters. The van der Waals surface area contributed by atoms with Crippen molar-refractivity contribution in [3.63, 3.8) is 0 Å². The molecule has 0 N–H and O–H groups in total. The Morgan fingerprint density at radius 3 is 2.51 bits per heavy atom. The molecule has 2 aromatic heterocycles. The van der Waals surface area contributed by atoms with Gasteiger partial charge in [0.1, 0.15) is 17.2 Å². The van der Waals surface area contributed by atoms with Crippen molar-refractivity contribution < 1.29 is 23.7 Å². The normalized spacial score (nSPS) is 15.2. The first-order valence-corrected chi connectivity index (χ1v) is 11.4. The van der Waals surface area contributed by atoms with Crippen LogP contribution in [0.2, 0.25) is 0 Å². The summed E-state index contributed by atoms with van der Waals surface area (Å²) in [4.78, 5) is 18.2. The number of benzene rings is 2. The number of hydrogen-bond donors (Lipinski definition) is 0. The number of carbonyl (C=O) groups is 1. The summed E-state index contributed by atoms with van der Waals surface area (Å²) in [5.74, 6) is 2.14. The molecule has 1 aliphatic carbocycles. The van der Waals surface area contributed by atoms with Gasteiger partial charge in [-0.3, -0.25) is 4.79 Å². The topological polar surface area (TPSA) is 84.2 Å². The number of ether oxygens (including phenoxy) is 4. The largest absolute Gasteiger partial charge is 0.497 e. The van der Waals surface area contributed by atoms with E-state index in [1.54, 1.807) is 39.2 Å². The van der Waals surface area contributed by atoms with Gasteiger partial charge < -0.3 is 18.9 Å². The first kappa shape index (κ1) is 22.9. The van der Waals surface area contributed by atoms with Crippen molar-refractivity contribution in [3.05, 3.63) is 71.2 Å². The fourth-order valence-electron chi connectivity index (χ4n) is 4.77. The molecule has 0 aliphatic heterocycles. The van der Waals surface area contributed by atoms with E-state index in [4.69, 9.17) is 29.0 Å². The molecule has 8 heteroatoms. The van der Waals surface area contributed by atoms with Crippen molar-refractivity contribution in [2.45, 2.75) is 25.4 Å². The fourth-order valence-corrected chi connectivity index (χ4v) is 4.77. The van der Waals surface area contributed by atoms with Gasteiger partial charge in [0.15, 0.2) is 11.4 Å². The maximum absolute atomic E-state index is 13.2. The van der Waals surface area contributed by atoms with E-state index >= 15 is 0 Å². The lowest BCUT2D eigenvalue weighted by Gasteiger charge is -2.25.